The van der Waals surface area contributed by atoms with E-state index < -0.39 is 0 Å². The highest BCUT2D eigenvalue weighted by atomic mass is 35.5. The number of amides is 1. The van der Waals surface area contributed by atoms with Gasteiger partial charge in [0.1, 0.15) is 0 Å². The van der Waals surface area contributed by atoms with E-state index in [-0.39, 0.29) is 18.3 Å². The van der Waals surface area contributed by atoms with E-state index in [0.717, 1.165) is 6.42 Å². The third kappa shape index (κ3) is 5.73. The van der Waals surface area contributed by atoms with Gasteiger partial charge in [-0.2, -0.15) is 0 Å². The number of hydrogen-bond acceptors (Lipinski definition) is 2. The summed E-state index contributed by atoms with van der Waals surface area (Å²) in [6, 6.07) is 8.34. The smallest absolute Gasteiger partial charge is 0.221 e. The molecule has 3 nitrogen and oxygen atoms in total. The summed E-state index contributed by atoms with van der Waals surface area (Å²) in [5.74, 6) is 0.0320. The third-order valence-electron chi connectivity index (χ3n) is 2.23. The second-order valence-electron chi connectivity index (χ2n) is 3.62. The highest BCUT2D eigenvalue weighted by Gasteiger charge is 1.98. The Morgan fingerprint density at radius 1 is 1.31 bits per heavy atom. The zero-order chi connectivity index (χ0) is 11.1. The Morgan fingerprint density at radius 2 is 1.94 bits per heavy atom. The quantitative estimate of drug-likeness (QED) is 0.821. The molecule has 0 aliphatic heterocycles. The van der Waals surface area contributed by atoms with Crippen LogP contribution in [0.25, 0.3) is 0 Å². The Hall–Kier alpha value is -1.06. The summed E-state index contributed by atoms with van der Waals surface area (Å²) in [5, 5.41) is 2.83. The largest absolute Gasteiger partial charge is 0.356 e. The van der Waals surface area contributed by atoms with Crippen molar-refractivity contribution in [3.63, 3.8) is 0 Å². The summed E-state index contributed by atoms with van der Waals surface area (Å²) in [5.41, 5.74) is 7.77. The van der Waals surface area contributed by atoms with Gasteiger partial charge in [-0.1, -0.05) is 29.8 Å². The highest BCUT2D eigenvalue weighted by molar-refractivity contribution is 5.85. The van der Waals surface area contributed by atoms with Crippen LogP contribution in [0.5, 0.6) is 0 Å². The van der Waals surface area contributed by atoms with Crippen LogP contribution in [0.1, 0.15) is 17.5 Å². The van der Waals surface area contributed by atoms with Gasteiger partial charge in [-0.3, -0.25) is 4.79 Å². The number of hydrogen-bond donors (Lipinski definition) is 2. The van der Waals surface area contributed by atoms with E-state index in [9.17, 15) is 4.79 Å². The first-order chi connectivity index (χ1) is 7.22. The lowest BCUT2D eigenvalue weighted by molar-refractivity contribution is -0.120. The molecule has 16 heavy (non-hydrogen) atoms. The predicted octanol–water partition coefficient (Wildman–Crippen LogP) is 1.42. The van der Waals surface area contributed by atoms with Gasteiger partial charge in [0.15, 0.2) is 0 Å². The Labute approximate surface area is 103 Å². The molecule has 0 aromatic heterocycles. The second-order valence-corrected chi connectivity index (χ2v) is 3.62. The van der Waals surface area contributed by atoms with E-state index in [1.165, 1.54) is 11.1 Å². The monoisotopic (exact) mass is 242 g/mol. The van der Waals surface area contributed by atoms with Gasteiger partial charge in [-0.15, -0.1) is 12.4 Å². The first-order valence-electron chi connectivity index (χ1n) is 5.24. The van der Waals surface area contributed by atoms with Gasteiger partial charge in [-0.05, 0) is 18.9 Å². The van der Waals surface area contributed by atoms with E-state index in [2.05, 4.69) is 36.5 Å². The van der Waals surface area contributed by atoms with Crippen LogP contribution in [0.3, 0.4) is 0 Å². The van der Waals surface area contributed by atoms with E-state index in [4.69, 9.17) is 5.73 Å². The summed E-state index contributed by atoms with van der Waals surface area (Å²) >= 11 is 0. The molecule has 0 aliphatic carbocycles. The fraction of sp³-hybridized carbons (Fsp3) is 0.417. The molecule has 0 aliphatic rings. The predicted molar refractivity (Wildman–Crippen MR) is 68.8 cm³/mol. The van der Waals surface area contributed by atoms with Crippen molar-refractivity contribution in [2.45, 2.75) is 19.8 Å². The molecule has 0 radical (unpaired) electrons. The molecule has 0 spiro atoms. The van der Waals surface area contributed by atoms with Crippen molar-refractivity contribution in [2.75, 3.05) is 13.1 Å². The number of nitrogens with two attached hydrogens (primary N) is 1. The lowest BCUT2D eigenvalue weighted by Crippen LogP contribution is -2.27. The molecule has 0 saturated heterocycles. The molecule has 3 N–H and O–H groups in total. The first-order valence-corrected chi connectivity index (χ1v) is 5.24. The Bertz CT molecular complexity index is 311. The zero-order valence-corrected chi connectivity index (χ0v) is 10.3. The molecule has 1 rings (SSSR count). The van der Waals surface area contributed by atoms with Gasteiger partial charge in [0.05, 0.1) is 0 Å². The van der Waals surface area contributed by atoms with Gasteiger partial charge in [0, 0.05) is 19.5 Å². The number of benzene rings is 1. The SMILES string of the molecule is Cc1ccc(CCNC(=O)CCN)cc1.Cl. The molecular formula is C12H19ClN2O. The van der Waals surface area contributed by atoms with Gasteiger partial charge in [0.2, 0.25) is 5.91 Å². The average Bonchev–Trinajstić information content (AvgIpc) is 2.21. The molecule has 90 valence electrons. The minimum Gasteiger partial charge on any atom is -0.356 e. The van der Waals surface area contributed by atoms with Crippen molar-refractivity contribution in [2.24, 2.45) is 5.73 Å². The minimum atomic E-state index is 0. The van der Waals surface area contributed by atoms with Crippen LogP contribution in [0.15, 0.2) is 24.3 Å². The van der Waals surface area contributed by atoms with Crippen LogP contribution in [0, 0.1) is 6.92 Å². The topological polar surface area (TPSA) is 55.1 Å². The molecular weight excluding hydrogens is 224 g/mol. The van der Waals surface area contributed by atoms with Crippen LogP contribution >= 0.6 is 12.4 Å². The zero-order valence-electron chi connectivity index (χ0n) is 9.53. The van der Waals surface area contributed by atoms with Crippen LogP contribution < -0.4 is 11.1 Å². The number of carbonyl (C=O) groups is 1. The van der Waals surface area contributed by atoms with Gasteiger partial charge in [0.25, 0.3) is 0 Å². The van der Waals surface area contributed by atoms with Crippen molar-refractivity contribution in [1.29, 1.82) is 0 Å². The maximum Gasteiger partial charge on any atom is 0.221 e. The first kappa shape index (κ1) is 14.9. The molecule has 0 heterocycles. The van der Waals surface area contributed by atoms with E-state index in [1.807, 2.05) is 0 Å². The summed E-state index contributed by atoms with van der Waals surface area (Å²) in [4.78, 5) is 11.1. The summed E-state index contributed by atoms with van der Waals surface area (Å²) < 4.78 is 0. The molecule has 4 heteroatoms. The average molecular weight is 243 g/mol. The standard InChI is InChI=1S/C12H18N2O.ClH/c1-10-2-4-11(5-3-10)7-9-14-12(15)6-8-13;/h2-5H,6-9,13H2,1H3,(H,14,15);1H. The van der Waals surface area contributed by atoms with Crippen molar-refractivity contribution in [3.8, 4) is 0 Å². The fourth-order valence-corrected chi connectivity index (χ4v) is 1.32. The molecule has 0 fully saturated rings. The van der Waals surface area contributed by atoms with Crippen molar-refractivity contribution in [1.82, 2.24) is 5.32 Å². The number of nitrogens with one attached hydrogen (secondary N) is 1. The summed E-state index contributed by atoms with van der Waals surface area (Å²) in [7, 11) is 0. The lowest BCUT2D eigenvalue weighted by atomic mass is 10.1. The lowest BCUT2D eigenvalue weighted by Gasteiger charge is -2.04. The Balaban J connectivity index is 0.00000225. The number of rotatable bonds is 5. The third-order valence-corrected chi connectivity index (χ3v) is 2.23. The second kappa shape index (κ2) is 8.13. The van der Waals surface area contributed by atoms with Crippen molar-refractivity contribution >= 4 is 18.3 Å². The van der Waals surface area contributed by atoms with Crippen LogP contribution in [-0.2, 0) is 11.2 Å². The minimum absolute atomic E-state index is 0. The van der Waals surface area contributed by atoms with Gasteiger partial charge < -0.3 is 11.1 Å². The number of aryl methyl sites for hydroxylation is 1. The van der Waals surface area contributed by atoms with E-state index >= 15 is 0 Å². The molecule has 0 atom stereocenters. The van der Waals surface area contributed by atoms with Gasteiger partial charge in [-0.25, -0.2) is 0 Å². The number of halogens is 1. The normalized spacial score (nSPS) is 9.38. The number of carbonyl (C=O) groups excluding carboxylic acids is 1. The summed E-state index contributed by atoms with van der Waals surface area (Å²) in [6.45, 7) is 3.16. The molecule has 0 unspecified atom stereocenters. The molecule has 0 saturated carbocycles. The van der Waals surface area contributed by atoms with Gasteiger partial charge >= 0.3 is 0 Å². The Morgan fingerprint density at radius 3 is 2.50 bits per heavy atom. The molecule has 1 aromatic carbocycles. The maximum absolute atomic E-state index is 11.1. The highest BCUT2D eigenvalue weighted by Crippen LogP contribution is 2.02. The Kier molecular flexibility index (Phi) is 7.60. The maximum atomic E-state index is 11.1. The van der Waals surface area contributed by atoms with Crippen LogP contribution in [0.2, 0.25) is 0 Å². The van der Waals surface area contributed by atoms with E-state index in [1.54, 1.807) is 0 Å². The molecule has 1 aromatic rings. The van der Waals surface area contributed by atoms with E-state index in [0.29, 0.717) is 19.5 Å². The van der Waals surface area contributed by atoms with Crippen molar-refractivity contribution in [3.05, 3.63) is 35.4 Å². The summed E-state index contributed by atoms with van der Waals surface area (Å²) in [6.07, 6.45) is 1.28. The molecule has 1 amide bonds. The fourth-order valence-electron chi connectivity index (χ4n) is 1.32. The molecule has 0 bridgehead atoms. The van der Waals surface area contributed by atoms with Crippen LogP contribution in [0.4, 0.5) is 0 Å². The van der Waals surface area contributed by atoms with Crippen molar-refractivity contribution < 1.29 is 4.79 Å². The van der Waals surface area contributed by atoms with Crippen LogP contribution in [-0.4, -0.2) is 19.0 Å².